The van der Waals surface area contributed by atoms with Gasteiger partial charge in [0.15, 0.2) is 5.13 Å². The lowest BCUT2D eigenvalue weighted by molar-refractivity contribution is 0.595. The quantitative estimate of drug-likeness (QED) is 0.716. The molecule has 0 fully saturated rings. The Morgan fingerprint density at radius 2 is 2.06 bits per heavy atom. The van der Waals surface area contributed by atoms with Crippen LogP contribution in [0.25, 0.3) is 0 Å². The minimum absolute atomic E-state index is 0.125. The summed E-state index contributed by atoms with van der Waals surface area (Å²) in [5.74, 6) is 0.125. The molecule has 0 bridgehead atoms. The average Bonchev–Trinajstić information content (AvgIpc) is 2.64. The van der Waals surface area contributed by atoms with Gasteiger partial charge in [-0.2, -0.15) is 0 Å². The van der Waals surface area contributed by atoms with Crippen LogP contribution in [-0.2, 0) is 16.4 Å². The molecule has 0 unspecified atom stereocenters. The molecule has 104 valence electrons. The van der Waals surface area contributed by atoms with Crippen molar-refractivity contribution in [1.82, 2.24) is 10.3 Å². The Kier molecular flexibility index (Phi) is 6.04. The number of nitrogens with one attached hydrogen (secondary N) is 2. The number of sulfonamides is 1. The standard InChI is InChI=1S/C11H21N3O2S2/c1-4-10-9(3)17-11(13-10)14-18(15,16)8-6-7-12-5-2/h12H,4-8H2,1-3H3,(H,13,14). The zero-order valence-electron chi connectivity index (χ0n) is 11.1. The smallest absolute Gasteiger partial charge is 0.234 e. The summed E-state index contributed by atoms with van der Waals surface area (Å²) in [6, 6.07) is 0. The third-order valence-electron chi connectivity index (χ3n) is 2.49. The SMILES string of the molecule is CCNCCCS(=O)(=O)Nc1nc(CC)c(C)s1. The lowest BCUT2D eigenvalue weighted by Crippen LogP contribution is -2.21. The first-order valence-electron chi connectivity index (χ1n) is 6.16. The highest BCUT2D eigenvalue weighted by molar-refractivity contribution is 7.92. The van der Waals surface area contributed by atoms with Gasteiger partial charge in [-0.15, -0.1) is 11.3 Å². The fourth-order valence-electron chi connectivity index (χ4n) is 1.55. The molecule has 1 heterocycles. The number of aryl methyl sites for hydroxylation is 2. The van der Waals surface area contributed by atoms with Crippen LogP contribution in [0.15, 0.2) is 0 Å². The molecule has 1 aromatic rings. The summed E-state index contributed by atoms with van der Waals surface area (Å²) in [6.07, 6.45) is 1.43. The van der Waals surface area contributed by atoms with Crippen LogP contribution in [0.2, 0.25) is 0 Å². The molecule has 0 amide bonds. The zero-order chi connectivity index (χ0) is 13.6. The van der Waals surface area contributed by atoms with E-state index in [-0.39, 0.29) is 5.75 Å². The lowest BCUT2D eigenvalue weighted by Gasteiger charge is -2.05. The van der Waals surface area contributed by atoms with Crippen LogP contribution in [0.4, 0.5) is 5.13 Å². The first-order valence-corrected chi connectivity index (χ1v) is 8.63. The summed E-state index contributed by atoms with van der Waals surface area (Å²) in [7, 11) is -3.27. The van der Waals surface area contributed by atoms with Gasteiger partial charge in [-0.3, -0.25) is 4.72 Å². The predicted octanol–water partition coefficient (Wildman–Crippen LogP) is 1.76. The maximum absolute atomic E-state index is 11.8. The van der Waals surface area contributed by atoms with E-state index in [1.165, 1.54) is 11.3 Å². The third-order valence-corrected chi connectivity index (χ3v) is 4.88. The lowest BCUT2D eigenvalue weighted by atomic mass is 10.3. The second-order valence-electron chi connectivity index (χ2n) is 4.00. The molecule has 5 nitrogen and oxygen atoms in total. The molecule has 0 radical (unpaired) electrons. The van der Waals surface area contributed by atoms with E-state index in [9.17, 15) is 8.42 Å². The first kappa shape index (κ1) is 15.4. The van der Waals surface area contributed by atoms with Crippen molar-refractivity contribution in [3.05, 3.63) is 10.6 Å². The second-order valence-corrected chi connectivity index (χ2v) is 7.05. The van der Waals surface area contributed by atoms with Crippen LogP contribution in [0.1, 0.15) is 30.8 Å². The monoisotopic (exact) mass is 291 g/mol. The van der Waals surface area contributed by atoms with Crippen LogP contribution < -0.4 is 10.0 Å². The van der Waals surface area contributed by atoms with Crippen molar-refractivity contribution in [3.63, 3.8) is 0 Å². The van der Waals surface area contributed by atoms with Crippen LogP contribution in [0.5, 0.6) is 0 Å². The molecule has 7 heteroatoms. The Morgan fingerprint density at radius 1 is 1.33 bits per heavy atom. The summed E-state index contributed by atoms with van der Waals surface area (Å²) in [5.41, 5.74) is 0.963. The molecular formula is C11H21N3O2S2. The van der Waals surface area contributed by atoms with Gasteiger partial charge in [0.1, 0.15) is 0 Å². The molecular weight excluding hydrogens is 270 g/mol. The van der Waals surface area contributed by atoms with Crippen molar-refractivity contribution >= 4 is 26.5 Å². The fraction of sp³-hybridized carbons (Fsp3) is 0.727. The van der Waals surface area contributed by atoms with Gasteiger partial charge in [0.25, 0.3) is 0 Å². The molecule has 0 aromatic carbocycles. The Balaban J connectivity index is 2.53. The van der Waals surface area contributed by atoms with Gasteiger partial charge >= 0.3 is 0 Å². The second kappa shape index (κ2) is 7.06. The van der Waals surface area contributed by atoms with Crippen LogP contribution in [-0.4, -0.2) is 32.2 Å². The van der Waals surface area contributed by atoms with E-state index in [1.807, 2.05) is 20.8 Å². The van der Waals surface area contributed by atoms with Crippen molar-refractivity contribution in [2.24, 2.45) is 0 Å². The Morgan fingerprint density at radius 3 is 2.61 bits per heavy atom. The van der Waals surface area contributed by atoms with E-state index in [1.54, 1.807) is 0 Å². The highest BCUT2D eigenvalue weighted by atomic mass is 32.2. The number of anilines is 1. The third kappa shape index (κ3) is 4.91. The number of rotatable bonds is 8. The van der Waals surface area contributed by atoms with Crippen LogP contribution in [0, 0.1) is 6.92 Å². The molecule has 0 saturated carbocycles. The maximum atomic E-state index is 11.8. The Bertz CT molecular complexity index is 469. The summed E-state index contributed by atoms with van der Waals surface area (Å²) in [5, 5.41) is 3.58. The summed E-state index contributed by atoms with van der Waals surface area (Å²) < 4.78 is 26.1. The molecule has 1 rings (SSSR count). The van der Waals surface area contributed by atoms with Crippen molar-refractivity contribution < 1.29 is 8.42 Å². The molecule has 0 aliphatic heterocycles. The molecule has 0 saturated heterocycles. The van der Waals surface area contributed by atoms with Gasteiger partial charge in [0.05, 0.1) is 11.4 Å². The van der Waals surface area contributed by atoms with Gasteiger partial charge in [0.2, 0.25) is 10.0 Å². The molecule has 0 aliphatic rings. The van der Waals surface area contributed by atoms with Gasteiger partial charge < -0.3 is 5.32 Å². The molecule has 0 aliphatic carbocycles. The van der Waals surface area contributed by atoms with Gasteiger partial charge in [-0.05, 0) is 32.9 Å². The van der Waals surface area contributed by atoms with Gasteiger partial charge in [-0.1, -0.05) is 13.8 Å². The number of thiazole rings is 1. The van der Waals surface area contributed by atoms with E-state index >= 15 is 0 Å². The van der Waals surface area contributed by atoms with E-state index in [2.05, 4.69) is 15.0 Å². The van der Waals surface area contributed by atoms with E-state index in [4.69, 9.17) is 0 Å². The minimum atomic E-state index is -3.27. The largest absolute Gasteiger partial charge is 0.317 e. The molecule has 1 aromatic heterocycles. The molecule has 2 N–H and O–H groups in total. The van der Waals surface area contributed by atoms with E-state index in [0.29, 0.717) is 18.1 Å². The number of hydrogen-bond donors (Lipinski definition) is 2. The van der Waals surface area contributed by atoms with Crippen LogP contribution in [0.3, 0.4) is 0 Å². The number of aromatic nitrogens is 1. The maximum Gasteiger partial charge on any atom is 0.234 e. The van der Waals surface area contributed by atoms with E-state index in [0.717, 1.165) is 23.5 Å². The number of hydrogen-bond acceptors (Lipinski definition) is 5. The highest BCUT2D eigenvalue weighted by Gasteiger charge is 2.13. The number of nitrogens with zero attached hydrogens (tertiary/aromatic N) is 1. The van der Waals surface area contributed by atoms with Crippen molar-refractivity contribution in [1.29, 1.82) is 0 Å². The molecule has 18 heavy (non-hydrogen) atoms. The average molecular weight is 291 g/mol. The minimum Gasteiger partial charge on any atom is -0.317 e. The topological polar surface area (TPSA) is 71.1 Å². The predicted molar refractivity (Wildman–Crippen MR) is 76.8 cm³/mol. The van der Waals surface area contributed by atoms with Crippen molar-refractivity contribution in [2.45, 2.75) is 33.6 Å². The summed E-state index contributed by atoms with van der Waals surface area (Å²) >= 11 is 1.39. The molecule has 0 spiro atoms. The highest BCUT2D eigenvalue weighted by Crippen LogP contribution is 2.23. The van der Waals surface area contributed by atoms with Gasteiger partial charge in [0, 0.05) is 4.88 Å². The van der Waals surface area contributed by atoms with Crippen molar-refractivity contribution in [2.75, 3.05) is 23.6 Å². The fourth-order valence-corrected chi connectivity index (χ4v) is 3.79. The van der Waals surface area contributed by atoms with Crippen molar-refractivity contribution in [3.8, 4) is 0 Å². The normalized spacial score (nSPS) is 11.7. The van der Waals surface area contributed by atoms with Gasteiger partial charge in [-0.25, -0.2) is 13.4 Å². The summed E-state index contributed by atoms with van der Waals surface area (Å²) in [6.45, 7) is 7.54. The summed E-state index contributed by atoms with van der Waals surface area (Å²) in [4.78, 5) is 5.34. The zero-order valence-corrected chi connectivity index (χ0v) is 12.7. The Hall–Kier alpha value is -0.660. The first-order chi connectivity index (χ1) is 8.48. The molecule has 0 atom stereocenters. The van der Waals surface area contributed by atoms with Crippen LogP contribution >= 0.6 is 11.3 Å². The van der Waals surface area contributed by atoms with E-state index < -0.39 is 10.0 Å². The Labute approximate surface area is 113 Å².